The van der Waals surface area contributed by atoms with Gasteiger partial charge in [0, 0.05) is 19.6 Å². The van der Waals surface area contributed by atoms with Crippen LogP contribution < -0.4 is 4.74 Å². The van der Waals surface area contributed by atoms with Gasteiger partial charge < -0.3 is 9.64 Å². The highest BCUT2D eigenvalue weighted by Crippen LogP contribution is 2.38. The van der Waals surface area contributed by atoms with Gasteiger partial charge in [0.25, 0.3) is 0 Å². The Bertz CT molecular complexity index is 436. The van der Waals surface area contributed by atoms with Gasteiger partial charge in [-0.2, -0.15) is 0 Å². The SMILES string of the molecule is CCN1CC[C@]2(CCCN(CCOc3ccccc3)C2)C1. The monoisotopic (exact) mass is 288 g/mol. The van der Waals surface area contributed by atoms with Crippen LogP contribution >= 0.6 is 0 Å². The number of hydrogen-bond donors (Lipinski definition) is 0. The molecule has 2 aliphatic heterocycles. The minimum absolute atomic E-state index is 0.570. The fourth-order valence-electron chi connectivity index (χ4n) is 3.94. The lowest BCUT2D eigenvalue weighted by Crippen LogP contribution is -2.46. The fraction of sp³-hybridized carbons (Fsp3) is 0.667. The van der Waals surface area contributed by atoms with E-state index in [1.165, 1.54) is 52.0 Å². The molecule has 0 bridgehead atoms. The molecule has 21 heavy (non-hydrogen) atoms. The lowest BCUT2D eigenvalue weighted by molar-refractivity contribution is 0.0816. The minimum Gasteiger partial charge on any atom is -0.492 e. The molecule has 0 radical (unpaired) electrons. The Morgan fingerprint density at radius 3 is 2.62 bits per heavy atom. The molecule has 0 aliphatic carbocycles. The van der Waals surface area contributed by atoms with Gasteiger partial charge in [0.15, 0.2) is 0 Å². The molecule has 3 rings (SSSR count). The van der Waals surface area contributed by atoms with Crippen molar-refractivity contribution in [2.45, 2.75) is 26.2 Å². The van der Waals surface area contributed by atoms with Crippen LogP contribution in [0.3, 0.4) is 0 Å². The number of para-hydroxylation sites is 1. The lowest BCUT2D eigenvalue weighted by Gasteiger charge is -2.40. The predicted octanol–water partition coefficient (Wildman–Crippen LogP) is 2.87. The summed E-state index contributed by atoms with van der Waals surface area (Å²) in [7, 11) is 0. The first-order chi connectivity index (χ1) is 10.3. The van der Waals surface area contributed by atoms with Crippen LogP contribution in [-0.4, -0.2) is 55.7 Å². The fourth-order valence-corrected chi connectivity index (χ4v) is 3.94. The summed E-state index contributed by atoms with van der Waals surface area (Å²) < 4.78 is 5.85. The highest BCUT2D eigenvalue weighted by Gasteiger charge is 2.40. The zero-order chi connectivity index (χ0) is 14.5. The number of ether oxygens (including phenoxy) is 1. The van der Waals surface area contributed by atoms with Gasteiger partial charge >= 0.3 is 0 Å². The van der Waals surface area contributed by atoms with Gasteiger partial charge in [0.1, 0.15) is 12.4 Å². The first-order valence-electron chi connectivity index (χ1n) is 8.42. The summed E-state index contributed by atoms with van der Waals surface area (Å²) in [4.78, 5) is 5.23. The molecule has 2 aliphatic rings. The summed E-state index contributed by atoms with van der Waals surface area (Å²) in [6, 6.07) is 10.2. The number of likely N-dealkylation sites (tertiary alicyclic amines) is 2. The van der Waals surface area contributed by atoms with Crippen molar-refractivity contribution in [3.05, 3.63) is 30.3 Å². The van der Waals surface area contributed by atoms with Crippen molar-refractivity contribution in [2.75, 3.05) is 45.9 Å². The highest BCUT2D eigenvalue weighted by atomic mass is 16.5. The first kappa shape index (κ1) is 14.9. The molecule has 1 aromatic carbocycles. The van der Waals surface area contributed by atoms with Crippen LogP contribution in [0, 0.1) is 5.41 Å². The second-order valence-electron chi connectivity index (χ2n) is 6.66. The van der Waals surface area contributed by atoms with Crippen LogP contribution in [-0.2, 0) is 0 Å². The van der Waals surface area contributed by atoms with Crippen LogP contribution in [0.5, 0.6) is 5.75 Å². The number of rotatable bonds is 5. The van der Waals surface area contributed by atoms with Gasteiger partial charge in [-0.15, -0.1) is 0 Å². The maximum Gasteiger partial charge on any atom is 0.119 e. The zero-order valence-electron chi connectivity index (χ0n) is 13.3. The summed E-state index contributed by atoms with van der Waals surface area (Å²) in [5, 5.41) is 0. The van der Waals surface area contributed by atoms with Crippen molar-refractivity contribution in [1.82, 2.24) is 9.80 Å². The topological polar surface area (TPSA) is 15.7 Å². The normalized spacial score (nSPS) is 27.3. The van der Waals surface area contributed by atoms with Crippen molar-refractivity contribution in [3.8, 4) is 5.75 Å². The predicted molar refractivity (Wildman–Crippen MR) is 86.8 cm³/mol. The quantitative estimate of drug-likeness (QED) is 0.828. The maximum absolute atomic E-state index is 5.85. The van der Waals surface area contributed by atoms with E-state index in [9.17, 15) is 0 Å². The highest BCUT2D eigenvalue weighted by molar-refractivity contribution is 5.20. The number of piperidine rings is 1. The Kier molecular flexibility index (Phi) is 4.81. The third kappa shape index (κ3) is 3.78. The molecule has 0 aromatic heterocycles. The molecule has 1 spiro atoms. The molecule has 3 nitrogen and oxygen atoms in total. The Morgan fingerprint density at radius 2 is 1.86 bits per heavy atom. The molecular formula is C18H28N2O. The molecule has 2 fully saturated rings. The Morgan fingerprint density at radius 1 is 1.05 bits per heavy atom. The van der Waals surface area contributed by atoms with Crippen LogP contribution in [0.1, 0.15) is 26.2 Å². The second-order valence-corrected chi connectivity index (χ2v) is 6.66. The van der Waals surface area contributed by atoms with Gasteiger partial charge in [-0.25, -0.2) is 0 Å². The molecular weight excluding hydrogens is 260 g/mol. The molecule has 2 heterocycles. The van der Waals surface area contributed by atoms with Gasteiger partial charge in [-0.1, -0.05) is 25.1 Å². The first-order valence-corrected chi connectivity index (χ1v) is 8.42. The van der Waals surface area contributed by atoms with E-state index in [2.05, 4.69) is 16.7 Å². The van der Waals surface area contributed by atoms with E-state index >= 15 is 0 Å². The molecule has 0 saturated carbocycles. The number of nitrogens with zero attached hydrogens (tertiary/aromatic N) is 2. The number of benzene rings is 1. The van der Waals surface area contributed by atoms with E-state index in [1.807, 2.05) is 30.3 Å². The van der Waals surface area contributed by atoms with E-state index in [0.717, 1.165) is 18.9 Å². The van der Waals surface area contributed by atoms with Gasteiger partial charge in [0.2, 0.25) is 0 Å². The number of hydrogen-bond acceptors (Lipinski definition) is 3. The molecule has 0 amide bonds. The van der Waals surface area contributed by atoms with Crippen molar-refractivity contribution < 1.29 is 4.74 Å². The van der Waals surface area contributed by atoms with E-state index < -0.39 is 0 Å². The zero-order valence-corrected chi connectivity index (χ0v) is 13.3. The minimum atomic E-state index is 0.570. The molecule has 3 heteroatoms. The summed E-state index contributed by atoms with van der Waals surface area (Å²) >= 11 is 0. The van der Waals surface area contributed by atoms with E-state index in [0.29, 0.717) is 5.41 Å². The second kappa shape index (κ2) is 6.80. The summed E-state index contributed by atoms with van der Waals surface area (Å²) in [6.07, 6.45) is 4.15. The molecule has 0 N–H and O–H groups in total. The molecule has 1 atom stereocenters. The van der Waals surface area contributed by atoms with Crippen LogP contribution in [0.2, 0.25) is 0 Å². The van der Waals surface area contributed by atoms with Gasteiger partial charge in [-0.05, 0) is 56.4 Å². The molecule has 116 valence electrons. The summed E-state index contributed by atoms with van der Waals surface area (Å²) in [6.45, 7) is 10.5. The Labute approximate surface area is 128 Å². The molecule has 2 saturated heterocycles. The van der Waals surface area contributed by atoms with Gasteiger partial charge in [0.05, 0.1) is 0 Å². The van der Waals surface area contributed by atoms with E-state index in [4.69, 9.17) is 4.74 Å². The largest absolute Gasteiger partial charge is 0.492 e. The van der Waals surface area contributed by atoms with Crippen LogP contribution in [0.4, 0.5) is 0 Å². The Balaban J connectivity index is 1.46. The van der Waals surface area contributed by atoms with E-state index in [-0.39, 0.29) is 0 Å². The van der Waals surface area contributed by atoms with Crippen molar-refractivity contribution in [1.29, 1.82) is 0 Å². The van der Waals surface area contributed by atoms with Crippen LogP contribution in [0.25, 0.3) is 0 Å². The van der Waals surface area contributed by atoms with Crippen LogP contribution in [0.15, 0.2) is 30.3 Å². The maximum atomic E-state index is 5.85. The van der Waals surface area contributed by atoms with E-state index in [1.54, 1.807) is 0 Å². The summed E-state index contributed by atoms with van der Waals surface area (Å²) in [5.41, 5.74) is 0.570. The average molecular weight is 288 g/mol. The van der Waals surface area contributed by atoms with Crippen molar-refractivity contribution >= 4 is 0 Å². The standard InChI is InChI=1S/C18H28N2O/c1-2-19-12-10-18(15-19)9-6-11-20(16-18)13-14-21-17-7-4-3-5-8-17/h3-5,7-8H,2,6,9-16H2,1H3/t18-/m1/s1. The molecule has 1 aromatic rings. The smallest absolute Gasteiger partial charge is 0.119 e. The molecule has 0 unspecified atom stereocenters. The third-order valence-corrected chi connectivity index (χ3v) is 5.12. The lowest BCUT2D eigenvalue weighted by atomic mass is 9.79. The van der Waals surface area contributed by atoms with Gasteiger partial charge in [-0.3, -0.25) is 4.90 Å². The van der Waals surface area contributed by atoms with Crippen molar-refractivity contribution in [3.63, 3.8) is 0 Å². The van der Waals surface area contributed by atoms with Crippen molar-refractivity contribution in [2.24, 2.45) is 5.41 Å². The third-order valence-electron chi connectivity index (χ3n) is 5.12. The average Bonchev–Trinajstić information content (AvgIpc) is 2.91. The Hall–Kier alpha value is -1.06. The summed E-state index contributed by atoms with van der Waals surface area (Å²) in [5.74, 6) is 0.988.